The first kappa shape index (κ1) is 26.0. The summed E-state index contributed by atoms with van der Waals surface area (Å²) in [5.41, 5.74) is 5.87. The number of amides is 2. The number of pyridine rings is 1. The molecule has 0 unspecified atom stereocenters. The molecule has 2 aromatic heterocycles. The molecule has 7 heteroatoms. The van der Waals surface area contributed by atoms with E-state index in [1.165, 1.54) is 4.88 Å². The van der Waals surface area contributed by atoms with Crippen LogP contribution in [0.4, 0.5) is 10.7 Å². The summed E-state index contributed by atoms with van der Waals surface area (Å²) in [5.74, 6) is 0.223. The van der Waals surface area contributed by atoms with Crippen LogP contribution in [0.25, 0.3) is 0 Å². The largest absolute Gasteiger partial charge is 0.322 e. The third-order valence-corrected chi connectivity index (χ3v) is 8.11. The molecule has 2 amide bonds. The fourth-order valence-electron chi connectivity index (χ4n) is 4.79. The summed E-state index contributed by atoms with van der Waals surface area (Å²) in [4.78, 5) is 31.8. The number of nitrogens with zero attached hydrogens (tertiary/aromatic N) is 1. The Kier molecular flexibility index (Phi) is 7.91. The van der Waals surface area contributed by atoms with Crippen molar-refractivity contribution in [1.29, 1.82) is 0 Å². The van der Waals surface area contributed by atoms with E-state index < -0.39 is 0 Å². The van der Waals surface area contributed by atoms with Crippen molar-refractivity contribution in [2.75, 3.05) is 17.2 Å². The molecule has 2 heterocycles. The molecule has 6 nitrogen and oxygen atoms in total. The third-order valence-electron chi connectivity index (χ3n) is 6.94. The maximum Gasteiger partial charge on any atom is 0.258 e. The van der Waals surface area contributed by atoms with E-state index in [1.54, 1.807) is 23.7 Å². The molecule has 1 aliphatic carbocycles. The molecular formula is C29H36N4O2S. The number of aromatic nitrogens is 1. The number of carbonyl (C=O) groups excluding carboxylic acids is 2. The van der Waals surface area contributed by atoms with Crippen LogP contribution in [0.15, 0.2) is 42.7 Å². The number of hydrogen-bond donors (Lipinski definition) is 3. The second-order valence-corrected chi connectivity index (χ2v) is 11.9. The van der Waals surface area contributed by atoms with Crippen molar-refractivity contribution < 1.29 is 9.59 Å². The van der Waals surface area contributed by atoms with Gasteiger partial charge in [-0.1, -0.05) is 44.5 Å². The molecule has 190 valence electrons. The number of nitrogens with one attached hydrogen (secondary N) is 3. The Labute approximate surface area is 217 Å². The SMILES string of the molecule is Cc1ccc(NC(=O)c2c(NC(=O)CNCc3cccnc3)sc3c2CC[C@@H](C(C)(C)C)C3)c(C)c1. The molecule has 1 aromatic carbocycles. The summed E-state index contributed by atoms with van der Waals surface area (Å²) in [7, 11) is 0. The summed E-state index contributed by atoms with van der Waals surface area (Å²) >= 11 is 1.55. The zero-order chi connectivity index (χ0) is 25.9. The Balaban J connectivity index is 1.55. The van der Waals surface area contributed by atoms with E-state index in [4.69, 9.17) is 0 Å². The lowest BCUT2D eigenvalue weighted by molar-refractivity contribution is -0.115. The lowest BCUT2D eigenvalue weighted by atomic mass is 9.72. The van der Waals surface area contributed by atoms with E-state index in [2.05, 4.69) is 47.8 Å². The third kappa shape index (κ3) is 6.20. The van der Waals surface area contributed by atoms with Crippen LogP contribution in [0.5, 0.6) is 0 Å². The first-order chi connectivity index (χ1) is 17.1. The van der Waals surface area contributed by atoms with Crippen LogP contribution in [0.2, 0.25) is 0 Å². The number of thiophene rings is 1. The van der Waals surface area contributed by atoms with Crippen LogP contribution >= 0.6 is 11.3 Å². The number of hydrogen-bond acceptors (Lipinski definition) is 5. The molecule has 0 radical (unpaired) electrons. The quantitative estimate of drug-likeness (QED) is 0.375. The van der Waals surface area contributed by atoms with Gasteiger partial charge in [0.25, 0.3) is 5.91 Å². The maximum atomic E-state index is 13.6. The van der Waals surface area contributed by atoms with Crippen LogP contribution in [-0.2, 0) is 24.2 Å². The Bertz CT molecular complexity index is 1240. The first-order valence-corrected chi connectivity index (χ1v) is 13.4. The summed E-state index contributed by atoms with van der Waals surface area (Å²) in [6.07, 6.45) is 6.32. The minimum Gasteiger partial charge on any atom is -0.322 e. The average molecular weight is 505 g/mol. The molecule has 3 N–H and O–H groups in total. The van der Waals surface area contributed by atoms with E-state index in [0.29, 0.717) is 23.0 Å². The predicted molar refractivity (Wildman–Crippen MR) is 148 cm³/mol. The number of aryl methyl sites for hydroxylation is 2. The Morgan fingerprint density at radius 1 is 1.14 bits per heavy atom. The van der Waals surface area contributed by atoms with Gasteiger partial charge in [-0.2, -0.15) is 0 Å². The molecule has 0 bridgehead atoms. The summed E-state index contributed by atoms with van der Waals surface area (Å²) in [6.45, 7) is 11.6. The number of benzene rings is 1. The lowest BCUT2D eigenvalue weighted by Gasteiger charge is -2.33. The lowest BCUT2D eigenvalue weighted by Crippen LogP contribution is -2.28. The van der Waals surface area contributed by atoms with Crippen molar-refractivity contribution >= 4 is 33.8 Å². The van der Waals surface area contributed by atoms with Crippen LogP contribution in [0.1, 0.15) is 64.7 Å². The molecule has 4 rings (SSSR count). The van der Waals surface area contributed by atoms with Crippen molar-refractivity contribution in [3.05, 3.63) is 75.4 Å². The van der Waals surface area contributed by atoms with Crippen molar-refractivity contribution in [3.8, 4) is 0 Å². The molecule has 0 saturated heterocycles. The van der Waals surface area contributed by atoms with Crippen LogP contribution in [-0.4, -0.2) is 23.3 Å². The van der Waals surface area contributed by atoms with Gasteiger partial charge in [-0.3, -0.25) is 14.6 Å². The van der Waals surface area contributed by atoms with Gasteiger partial charge in [-0.25, -0.2) is 0 Å². The summed E-state index contributed by atoms with van der Waals surface area (Å²) in [5, 5.41) is 9.95. The fourth-order valence-corrected chi connectivity index (χ4v) is 6.13. The van der Waals surface area contributed by atoms with Gasteiger partial charge in [0.05, 0.1) is 12.1 Å². The molecule has 0 spiro atoms. The van der Waals surface area contributed by atoms with Gasteiger partial charge in [-0.15, -0.1) is 11.3 Å². The minimum absolute atomic E-state index is 0.153. The number of carbonyl (C=O) groups is 2. The standard InChI is InChI=1S/C29H36N4O2S/c1-18-8-11-23(19(2)13-18)32-27(35)26-22-10-9-21(29(3,4)5)14-24(22)36-28(26)33-25(34)17-31-16-20-7-6-12-30-15-20/h6-8,11-13,15,21,31H,9-10,14,16-17H2,1-5H3,(H,32,35)(H,33,34)/t21-/m1/s1. The predicted octanol–water partition coefficient (Wildman–Crippen LogP) is 5.89. The van der Waals surface area contributed by atoms with Gasteiger partial charge >= 0.3 is 0 Å². The first-order valence-electron chi connectivity index (χ1n) is 12.5. The van der Waals surface area contributed by atoms with Gasteiger partial charge in [0, 0.05) is 29.5 Å². The second-order valence-electron chi connectivity index (χ2n) is 10.8. The molecule has 0 aliphatic heterocycles. The highest BCUT2D eigenvalue weighted by Crippen LogP contribution is 2.44. The number of anilines is 2. The van der Waals surface area contributed by atoms with Crippen molar-refractivity contribution in [2.45, 2.75) is 60.4 Å². The number of rotatable bonds is 7. The minimum atomic E-state index is -0.162. The average Bonchev–Trinajstić information content (AvgIpc) is 3.18. The molecule has 3 aromatic rings. The fraction of sp³-hybridized carbons (Fsp3) is 0.414. The maximum absolute atomic E-state index is 13.6. The van der Waals surface area contributed by atoms with Crippen LogP contribution in [0.3, 0.4) is 0 Å². The smallest absolute Gasteiger partial charge is 0.258 e. The Morgan fingerprint density at radius 2 is 1.94 bits per heavy atom. The van der Waals surface area contributed by atoms with E-state index in [9.17, 15) is 9.59 Å². The highest BCUT2D eigenvalue weighted by atomic mass is 32.1. The van der Waals surface area contributed by atoms with E-state index in [1.807, 2.05) is 38.1 Å². The van der Waals surface area contributed by atoms with Gasteiger partial charge in [-0.05, 0) is 73.3 Å². The van der Waals surface area contributed by atoms with Gasteiger partial charge in [0.15, 0.2) is 0 Å². The van der Waals surface area contributed by atoms with E-state index in [0.717, 1.165) is 47.2 Å². The van der Waals surface area contributed by atoms with Crippen LogP contribution in [0, 0.1) is 25.2 Å². The highest BCUT2D eigenvalue weighted by Gasteiger charge is 2.34. The monoisotopic (exact) mass is 504 g/mol. The van der Waals surface area contributed by atoms with E-state index in [-0.39, 0.29) is 23.8 Å². The molecule has 36 heavy (non-hydrogen) atoms. The normalized spacial score (nSPS) is 15.3. The van der Waals surface area contributed by atoms with Crippen molar-refractivity contribution in [1.82, 2.24) is 10.3 Å². The van der Waals surface area contributed by atoms with E-state index >= 15 is 0 Å². The molecule has 0 fully saturated rings. The van der Waals surface area contributed by atoms with Crippen molar-refractivity contribution in [3.63, 3.8) is 0 Å². The molecule has 1 atom stereocenters. The van der Waals surface area contributed by atoms with Crippen LogP contribution < -0.4 is 16.0 Å². The Hall–Kier alpha value is -3.03. The highest BCUT2D eigenvalue weighted by molar-refractivity contribution is 7.17. The topological polar surface area (TPSA) is 83.1 Å². The summed E-state index contributed by atoms with van der Waals surface area (Å²) in [6, 6.07) is 9.84. The number of fused-ring (bicyclic) bond motifs is 1. The Morgan fingerprint density at radius 3 is 2.64 bits per heavy atom. The molecule has 1 aliphatic rings. The molecule has 0 saturated carbocycles. The van der Waals surface area contributed by atoms with Gasteiger partial charge in [0.2, 0.25) is 5.91 Å². The van der Waals surface area contributed by atoms with Crippen molar-refractivity contribution in [2.24, 2.45) is 11.3 Å². The van der Waals surface area contributed by atoms with Gasteiger partial charge in [0.1, 0.15) is 5.00 Å². The second kappa shape index (κ2) is 10.9. The zero-order valence-corrected chi connectivity index (χ0v) is 22.6. The molecular weight excluding hydrogens is 468 g/mol. The summed E-state index contributed by atoms with van der Waals surface area (Å²) < 4.78 is 0. The zero-order valence-electron chi connectivity index (χ0n) is 21.8. The van der Waals surface area contributed by atoms with Gasteiger partial charge < -0.3 is 16.0 Å².